The molecule has 2 heterocycles. The molecule has 1 atom stereocenters. The van der Waals surface area contributed by atoms with Gasteiger partial charge in [-0.3, -0.25) is 4.40 Å². The minimum atomic E-state index is 0.387. The van der Waals surface area contributed by atoms with Crippen molar-refractivity contribution in [2.24, 2.45) is 0 Å². The van der Waals surface area contributed by atoms with Gasteiger partial charge in [-0.25, -0.2) is 4.98 Å². The van der Waals surface area contributed by atoms with Crippen molar-refractivity contribution < 1.29 is 0 Å². The van der Waals surface area contributed by atoms with Crippen molar-refractivity contribution in [1.82, 2.24) is 14.7 Å². The first kappa shape index (κ1) is 12.9. The molecule has 0 spiro atoms. The first-order valence-corrected chi connectivity index (χ1v) is 7.05. The number of benzene rings is 1. The lowest BCUT2D eigenvalue weighted by atomic mass is 10.0. The van der Waals surface area contributed by atoms with E-state index in [2.05, 4.69) is 58.9 Å². The molecule has 3 nitrogen and oxygen atoms in total. The first-order chi connectivity index (χ1) is 9.79. The predicted octanol–water partition coefficient (Wildman–Crippen LogP) is 3.67. The van der Waals surface area contributed by atoms with Crippen LogP contribution in [0.5, 0.6) is 0 Å². The minimum absolute atomic E-state index is 0.387. The Morgan fingerprint density at radius 2 is 1.95 bits per heavy atom. The summed E-state index contributed by atoms with van der Waals surface area (Å²) in [4.78, 5) is 4.33. The number of nitrogens with one attached hydrogen (secondary N) is 1. The smallest absolute Gasteiger partial charge is 0.137 e. The van der Waals surface area contributed by atoms with E-state index in [4.69, 9.17) is 0 Å². The Hall–Kier alpha value is -2.13. The molecule has 0 amide bonds. The number of aromatic nitrogens is 2. The van der Waals surface area contributed by atoms with Gasteiger partial charge in [0.2, 0.25) is 0 Å². The quantitative estimate of drug-likeness (QED) is 0.780. The Morgan fingerprint density at radius 3 is 2.70 bits per heavy atom. The van der Waals surface area contributed by atoms with Gasteiger partial charge in [0.05, 0.1) is 5.69 Å². The molecule has 3 rings (SSSR count). The van der Waals surface area contributed by atoms with Crippen LogP contribution in [0.1, 0.15) is 25.5 Å². The first-order valence-electron chi connectivity index (χ1n) is 7.05. The molecule has 0 fully saturated rings. The van der Waals surface area contributed by atoms with Crippen molar-refractivity contribution in [1.29, 1.82) is 0 Å². The Labute approximate surface area is 119 Å². The molecule has 2 aromatic heterocycles. The summed E-state index contributed by atoms with van der Waals surface area (Å²) in [6.07, 6.45) is 3.83. The van der Waals surface area contributed by atoms with Crippen molar-refractivity contribution in [3.8, 4) is 11.3 Å². The van der Waals surface area contributed by atoms with Gasteiger partial charge in [0.15, 0.2) is 0 Å². The second kappa shape index (κ2) is 5.47. The van der Waals surface area contributed by atoms with Crippen molar-refractivity contribution in [2.45, 2.75) is 19.9 Å². The molecule has 0 aliphatic heterocycles. The van der Waals surface area contributed by atoms with Crippen molar-refractivity contribution in [3.05, 3.63) is 60.4 Å². The summed E-state index contributed by atoms with van der Waals surface area (Å²) in [5, 5.41) is 3.43. The van der Waals surface area contributed by atoms with Crippen LogP contribution >= 0.6 is 0 Å². The molecular formula is C17H19N3. The molecule has 0 aliphatic carbocycles. The highest BCUT2D eigenvalue weighted by Crippen LogP contribution is 2.22. The number of hydrogen-bond donors (Lipinski definition) is 1. The predicted molar refractivity (Wildman–Crippen MR) is 82.7 cm³/mol. The third kappa shape index (κ3) is 2.32. The van der Waals surface area contributed by atoms with Gasteiger partial charge >= 0.3 is 0 Å². The Kier molecular flexibility index (Phi) is 3.52. The summed E-state index contributed by atoms with van der Waals surface area (Å²) < 4.78 is 2.11. The maximum Gasteiger partial charge on any atom is 0.137 e. The monoisotopic (exact) mass is 265 g/mol. The van der Waals surface area contributed by atoms with Gasteiger partial charge in [-0.15, -0.1) is 0 Å². The molecule has 0 aliphatic rings. The molecule has 102 valence electrons. The van der Waals surface area contributed by atoms with Crippen LogP contribution in [0.3, 0.4) is 0 Å². The lowest BCUT2D eigenvalue weighted by Gasteiger charge is -2.13. The van der Waals surface area contributed by atoms with E-state index >= 15 is 0 Å². The second-order valence-electron chi connectivity index (χ2n) is 4.97. The van der Waals surface area contributed by atoms with E-state index in [1.54, 1.807) is 0 Å². The number of pyridine rings is 1. The van der Waals surface area contributed by atoms with E-state index in [9.17, 15) is 0 Å². The number of hydrogen-bond acceptors (Lipinski definition) is 2. The molecule has 1 aromatic carbocycles. The van der Waals surface area contributed by atoms with E-state index in [0.717, 1.165) is 12.2 Å². The molecule has 0 radical (unpaired) electrons. The molecule has 3 aromatic rings. The van der Waals surface area contributed by atoms with Gasteiger partial charge in [0.25, 0.3) is 0 Å². The molecular weight excluding hydrogens is 246 g/mol. The molecule has 1 unspecified atom stereocenters. The van der Waals surface area contributed by atoms with E-state index in [1.165, 1.54) is 16.8 Å². The van der Waals surface area contributed by atoms with E-state index in [0.29, 0.717) is 6.04 Å². The van der Waals surface area contributed by atoms with Crippen molar-refractivity contribution >= 4 is 5.65 Å². The summed E-state index contributed by atoms with van der Waals surface area (Å²) >= 11 is 0. The molecule has 0 bridgehead atoms. The van der Waals surface area contributed by atoms with Crippen LogP contribution in [0, 0.1) is 0 Å². The van der Waals surface area contributed by atoms with Gasteiger partial charge < -0.3 is 5.32 Å². The van der Waals surface area contributed by atoms with Gasteiger partial charge in [0, 0.05) is 18.4 Å². The zero-order chi connectivity index (χ0) is 13.9. The average molecular weight is 265 g/mol. The fourth-order valence-electron chi connectivity index (χ4n) is 2.55. The van der Waals surface area contributed by atoms with Crippen LogP contribution in [0.15, 0.2) is 54.9 Å². The topological polar surface area (TPSA) is 29.3 Å². The number of fused-ring (bicyclic) bond motifs is 1. The maximum absolute atomic E-state index is 4.33. The number of rotatable bonds is 4. The fraction of sp³-hybridized carbons (Fsp3) is 0.235. The van der Waals surface area contributed by atoms with Crippen LogP contribution in [-0.2, 0) is 0 Å². The molecule has 0 saturated heterocycles. The highest BCUT2D eigenvalue weighted by Gasteiger charge is 2.06. The Balaban J connectivity index is 1.97. The Bertz CT molecular complexity index is 698. The fourth-order valence-corrected chi connectivity index (χ4v) is 2.55. The summed E-state index contributed by atoms with van der Waals surface area (Å²) in [5.74, 6) is 0. The third-order valence-corrected chi connectivity index (χ3v) is 3.65. The normalized spacial score (nSPS) is 12.7. The zero-order valence-corrected chi connectivity index (χ0v) is 11.9. The van der Waals surface area contributed by atoms with Gasteiger partial charge in [-0.05, 0) is 36.7 Å². The highest BCUT2D eigenvalue weighted by molar-refractivity contribution is 5.63. The largest absolute Gasteiger partial charge is 0.310 e. The standard InChI is InChI=1S/C17H19N3/c1-3-18-13(2)14-7-9-15(10-8-14)16-5-4-6-17-19-11-12-20(16)17/h4-13,18H,3H2,1-2H3. The minimum Gasteiger partial charge on any atom is -0.310 e. The van der Waals surface area contributed by atoms with Crippen LogP contribution in [0.2, 0.25) is 0 Å². The van der Waals surface area contributed by atoms with Gasteiger partial charge in [-0.2, -0.15) is 0 Å². The Morgan fingerprint density at radius 1 is 1.15 bits per heavy atom. The molecule has 1 N–H and O–H groups in total. The molecule has 20 heavy (non-hydrogen) atoms. The highest BCUT2D eigenvalue weighted by atomic mass is 15.0. The number of imidazole rings is 1. The van der Waals surface area contributed by atoms with Crippen molar-refractivity contribution in [2.75, 3.05) is 6.54 Å². The zero-order valence-electron chi connectivity index (χ0n) is 11.9. The van der Waals surface area contributed by atoms with Gasteiger partial charge in [-0.1, -0.05) is 37.3 Å². The van der Waals surface area contributed by atoms with Crippen LogP contribution in [0.4, 0.5) is 0 Å². The average Bonchev–Trinajstić information content (AvgIpc) is 2.96. The summed E-state index contributed by atoms with van der Waals surface area (Å²) in [7, 11) is 0. The summed E-state index contributed by atoms with van der Waals surface area (Å²) in [5.41, 5.74) is 4.67. The van der Waals surface area contributed by atoms with Crippen LogP contribution < -0.4 is 5.32 Å². The van der Waals surface area contributed by atoms with Crippen LogP contribution in [-0.4, -0.2) is 15.9 Å². The van der Waals surface area contributed by atoms with Gasteiger partial charge in [0.1, 0.15) is 5.65 Å². The van der Waals surface area contributed by atoms with E-state index in [-0.39, 0.29) is 0 Å². The molecule has 3 heteroatoms. The summed E-state index contributed by atoms with van der Waals surface area (Å²) in [6.45, 7) is 5.30. The third-order valence-electron chi connectivity index (χ3n) is 3.65. The van der Waals surface area contributed by atoms with E-state index in [1.807, 2.05) is 24.5 Å². The van der Waals surface area contributed by atoms with Crippen LogP contribution in [0.25, 0.3) is 16.9 Å². The number of nitrogens with zero attached hydrogens (tertiary/aromatic N) is 2. The maximum atomic E-state index is 4.33. The summed E-state index contributed by atoms with van der Waals surface area (Å²) in [6, 6.07) is 15.3. The lowest BCUT2D eigenvalue weighted by molar-refractivity contribution is 0.598. The SMILES string of the molecule is CCNC(C)c1ccc(-c2cccc3nccn23)cc1. The van der Waals surface area contributed by atoms with E-state index < -0.39 is 0 Å². The second-order valence-corrected chi connectivity index (χ2v) is 4.97. The van der Waals surface area contributed by atoms with Crippen molar-refractivity contribution in [3.63, 3.8) is 0 Å². The lowest BCUT2D eigenvalue weighted by Crippen LogP contribution is -2.17. The molecule has 0 saturated carbocycles.